The van der Waals surface area contributed by atoms with Crippen LogP contribution < -0.4 is 0 Å². The van der Waals surface area contributed by atoms with Gasteiger partial charge in [0.15, 0.2) is 12.0 Å². The highest BCUT2D eigenvalue weighted by Gasteiger charge is 2.43. The van der Waals surface area contributed by atoms with Crippen molar-refractivity contribution in [3.63, 3.8) is 0 Å². The molecule has 4 N–H and O–H groups in total. The van der Waals surface area contributed by atoms with E-state index in [9.17, 15) is 20.1 Å². The van der Waals surface area contributed by atoms with Gasteiger partial charge in [-0.25, -0.2) is 0 Å². The maximum Gasteiger partial charge on any atom is 0.185 e. The van der Waals surface area contributed by atoms with Crippen molar-refractivity contribution in [1.82, 2.24) is 0 Å². The average Bonchev–Trinajstić information content (AvgIpc) is 2.87. The largest absolute Gasteiger partial charge is 0.458 e. The van der Waals surface area contributed by atoms with Crippen LogP contribution >= 0.6 is 0 Å². The molecule has 0 bridgehead atoms. The molecule has 1 fully saturated rings. The molecule has 0 saturated carbocycles. The minimum absolute atomic E-state index is 0.120. The van der Waals surface area contributed by atoms with Gasteiger partial charge in [0, 0.05) is 6.42 Å². The number of carbonyl (C=O) groups is 1. The van der Waals surface area contributed by atoms with Crippen molar-refractivity contribution >= 4 is 6.29 Å². The van der Waals surface area contributed by atoms with Crippen LogP contribution in [-0.2, 0) is 11.2 Å². The van der Waals surface area contributed by atoms with Crippen LogP contribution in [0.4, 0.5) is 0 Å². The molecule has 0 radical (unpaired) electrons. The maximum atomic E-state index is 10.5. The molecule has 0 spiro atoms. The van der Waals surface area contributed by atoms with E-state index in [0.717, 1.165) is 0 Å². The van der Waals surface area contributed by atoms with Gasteiger partial charge in [0.1, 0.15) is 30.2 Å². The molecule has 1 aliphatic heterocycles. The molecule has 1 aromatic rings. The standard InChI is InChI=1S/C12H16O7/c13-4-7-2-1-6(18-7)3-8-10(15)12(17)11(16)9(5-14)19-8/h1-2,4,8-12,14-17H,3,5H2/t8?,9-,10+,11-,12-/m1/s1. The van der Waals surface area contributed by atoms with Crippen molar-refractivity contribution < 1.29 is 34.4 Å². The minimum atomic E-state index is -1.41. The van der Waals surface area contributed by atoms with Crippen molar-refractivity contribution in [1.29, 1.82) is 0 Å². The van der Waals surface area contributed by atoms with E-state index in [0.29, 0.717) is 12.0 Å². The molecular weight excluding hydrogens is 256 g/mol. The first-order chi connectivity index (χ1) is 9.06. The number of furan rings is 1. The topological polar surface area (TPSA) is 120 Å². The predicted octanol–water partition coefficient (Wildman–Crippen LogP) is -1.52. The highest BCUT2D eigenvalue weighted by Crippen LogP contribution is 2.24. The quantitative estimate of drug-likeness (QED) is 0.491. The molecule has 2 rings (SSSR count). The number of aliphatic hydroxyl groups excluding tert-OH is 4. The van der Waals surface area contributed by atoms with Crippen molar-refractivity contribution in [2.45, 2.75) is 36.9 Å². The van der Waals surface area contributed by atoms with Gasteiger partial charge in [-0.15, -0.1) is 0 Å². The maximum absolute atomic E-state index is 10.5. The molecule has 7 nitrogen and oxygen atoms in total. The number of aliphatic hydroxyl groups is 4. The van der Waals surface area contributed by atoms with E-state index in [4.69, 9.17) is 14.3 Å². The van der Waals surface area contributed by atoms with Crippen molar-refractivity contribution in [2.24, 2.45) is 0 Å². The van der Waals surface area contributed by atoms with E-state index < -0.39 is 37.1 Å². The first kappa shape index (κ1) is 14.2. The van der Waals surface area contributed by atoms with Crippen LogP contribution in [0.5, 0.6) is 0 Å². The summed E-state index contributed by atoms with van der Waals surface area (Å²) in [7, 11) is 0. The normalized spacial score (nSPS) is 35.3. The second-order valence-corrected chi connectivity index (χ2v) is 4.49. The van der Waals surface area contributed by atoms with Gasteiger partial charge in [-0.1, -0.05) is 0 Å². The lowest BCUT2D eigenvalue weighted by atomic mass is 9.93. The molecule has 1 aromatic heterocycles. The predicted molar refractivity (Wildman–Crippen MR) is 61.6 cm³/mol. The summed E-state index contributed by atoms with van der Waals surface area (Å²) in [5, 5.41) is 38.1. The molecule has 0 aliphatic carbocycles. The SMILES string of the molecule is O=Cc1ccc(CC2O[C@H](CO)[C@@H](O)[C@H](O)[C@H]2O)o1. The summed E-state index contributed by atoms with van der Waals surface area (Å²) in [5.41, 5.74) is 0. The lowest BCUT2D eigenvalue weighted by molar-refractivity contribution is -0.229. The van der Waals surface area contributed by atoms with Crippen LogP contribution in [0.25, 0.3) is 0 Å². The Bertz CT molecular complexity index is 427. The molecule has 106 valence electrons. The summed E-state index contributed by atoms with van der Waals surface area (Å²) in [5.74, 6) is 0.561. The third-order valence-electron chi connectivity index (χ3n) is 3.19. The monoisotopic (exact) mass is 272 g/mol. The fourth-order valence-corrected chi connectivity index (χ4v) is 2.11. The highest BCUT2D eigenvalue weighted by molar-refractivity contribution is 5.70. The Morgan fingerprint density at radius 1 is 1.11 bits per heavy atom. The first-order valence-corrected chi connectivity index (χ1v) is 5.91. The number of hydrogen-bond donors (Lipinski definition) is 4. The summed E-state index contributed by atoms with van der Waals surface area (Å²) < 4.78 is 10.5. The van der Waals surface area contributed by atoms with Crippen LogP contribution in [0.15, 0.2) is 16.5 Å². The van der Waals surface area contributed by atoms with E-state index >= 15 is 0 Å². The number of aldehydes is 1. The molecule has 0 aromatic carbocycles. The van der Waals surface area contributed by atoms with Crippen LogP contribution in [0.3, 0.4) is 0 Å². The fourth-order valence-electron chi connectivity index (χ4n) is 2.11. The first-order valence-electron chi connectivity index (χ1n) is 5.91. The summed E-state index contributed by atoms with van der Waals surface area (Å²) in [6.07, 6.45) is -5.19. The second kappa shape index (κ2) is 5.81. The summed E-state index contributed by atoms with van der Waals surface area (Å²) >= 11 is 0. The summed E-state index contributed by atoms with van der Waals surface area (Å²) in [6.45, 7) is -0.473. The molecule has 19 heavy (non-hydrogen) atoms. The van der Waals surface area contributed by atoms with Crippen LogP contribution in [0.2, 0.25) is 0 Å². The Labute approximate surface area is 109 Å². The van der Waals surface area contributed by atoms with E-state index in [1.165, 1.54) is 6.07 Å². The van der Waals surface area contributed by atoms with E-state index in [2.05, 4.69) is 0 Å². The molecule has 1 aliphatic rings. The number of ether oxygens (including phenoxy) is 1. The fraction of sp³-hybridized carbons (Fsp3) is 0.583. The van der Waals surface area contributed by atoms with Gasteiger partial charge in [0.25, 0.3) is 0 Å². The minimum Gasteiger partial charge on any atom is -0.458 e. The van der Waals surface area contributed by atoms with Crippen molar-refractivity contribution in [2.75, 3.05) is 6.61 Å². The van der Waals surface area contributed by atoms with E-state index in [-0.39, 0.29) is 12.2 Å². The third-order valence-corrected chi connectivity index (χ3v) is 3.19. The Kier molecular flexibility index (Phi) is 4.33. The number of hydrogen-bond acceptors (Lipinski definition) is 7. The molecular formula is C12H16O7. The zero-order chi connectivity index (χ0) is 14.0. The molecule has 1 saturated heterocycles. The number of carbonyl (C=O) groups excluding carboxylic acids is 1. The Balaban J connectivity index is 2.08. The van der Waals surface area contributed by atoms with E-state index in [1.807, 2.05) is 0 Å². The molecule has 0 amide bonds. The number of rotatable bonds is 4. The lowest BCUT2D eigenvalue weighted by Crippen LogP contribution is -2.58. The zero-order valence-corrected chi connectivity index (χ0v) is 10.0. The van der Waals surface area contributed by atoms with Crippen molar-refractivity contribution in [3.05, 3.63) is 23.7 Å². The zero-order valence-electron chi connectivity index (χ0n) is 10.0. The van der Waals surface area contributed by atoms with Gasteiger partial charge < -0.3 is 29.6 Å². The van der Waals surface area contributed by atoms with Gasteiger partial charge in [0.05, 0.1) is 12.7 Å². The Hall–Kier alpha value is -1.25. The van der Waals surface area contributed by atoms with Gasteiger partial charge in [-0.05, 0) is 12.1 Å². The van der Waals surface area contributed by atoms with Crippen LogP contribution in [0.1, 0.15) is 16.3 Å². The molecule has 2 heterocycles. The van der Waals surface area contributed by atoms with E-state index in [1.54, 1.807) is 6.07 Å². The molecule has 1 unspecified atom stereocenters. The third kappa shape index (κ3) is 2.85. The van der Waals surface area contributed by atoms with Gasteiger partial charge >= 0.3 is 0 Å². The molecule has 5 atom stereocenters. The smallest absolute Gasteiger partial charge is 0.185 e. The molecule has 7 heteroatoms. The average molecular weight is 272 g/mol. The Morgan fingerprint density at radius 2 is 1.79 bits per heavy atom. The van der Waals surface area contributed by atoms with Crippen LogP contribution in [0, 0.1) is 0 Å². The Morgan fingerprint density at radius 3 is 2.37 bits per heavy atom. The van der Waals surface area contributed by atoms with Crippen LogP contribution in [-0.4, -0.2) is 63.8 Å². The van der Waals surface area contributed by atoms with Gasteiger partial charge in [0.2, 0.25) is 0 Å². The highest BCUT2D eigenvalue weighted by atomic mass is 16.5. The van der Waals surface area contributed by atoms with Crippen molar-refractivity contribution in [3.8, 4) is 0 Å². The lowest BCUT2D eigenvalue weighted by Gasteiger charge is -2.39. The second-order valence-electron chi connectivity index (χ2n) is 4.49. The van der Waals surface area contributed by atoms with Gasteiger partial charge in [-0.3, -0.25) is 4.79 Å². The summed E-state index contributed by atoms with van der Waals surface area (Å²) in [4.78, 5) is 10.5. The van der Waals surface area contributed by atoms with Gasteiger partial charge in [-0.2, -0.15) is 0 Å². The summed E-state index contributed by atoms with van der Waals surface area (Å²) in [6, 6.07) is 3.04.